The largest absolute Gasteiger partial charge is 0.503 e. The molecule has 20 heavy (non-hydrogen) atoms. The molecule has 118 valence electrons. The van der Waals surface area contributed by atoms with Gasteiger partial charge in [0.15, 0.2) is 5.79 Å². The molecule has 4 nitrogen and oxygen atoms in total. The molecule has 1 heterocycles. The van der Waals surface area contributed by atoms with Gasteiger partial charge in [0, 0.05) is 24.7 Å². The summed E-state index contributed by atoms with van der Waals surface area (Å²) < 4.78 is 24.5. The molecular weight excluding hydrogens is 272 g/mol. The molecule has 0 aromatic heterocycles. The molecule has 0 spiro atoms. The summed E-state index contributed by atoms with van der Waals surface area (Å²) in [6, 6.07) is 0.834. The lowest BCUT2D eigenvalue weighted by Crippen LogP contribution is -2.58. The van der Waals surface area contributed by atoms with Gasteiger partial charge in [0.2, 0.25) is 0 Å². The molecular formula is C15H30O4Si. The van der Waals surface area contributed by atoms with E-state index in [0.29, 0.717) is 0 Å². The first-order valence-electron chi connectivity index (χ1n) is 7.60. The Labute approximate surface area is 124 Å². The first-order valence-corrected chi connectivity index (χ1v) is 9.53. The standard InChI is InChI=1S/C15H30O4Si/c1-8-15(16-12(2)3)10-9-11-20(19-15,17-13(4)5)18-14(6)7/h8,12-14H,1,9-11H2,2-7H3. The molecule has 1 unspecified atom stereocenters. The van der Waals surface area contributed by atoms with Crippen LogP contribution in [0.2, 0.25) is 6.04 Å². The second-order valence-corrected chi connectivity index (χ2v) is 8.70. The van der Waals surface area contributed by atoms with Crippen molar-refractivity contribution in [1.82, 2.24) is 0 Å². The molecule has 1 aliphatic heterocycles. The van der Waals surface area contributed by atoms with Gasteiger partial charge in [-0.1, -0.05) is 6.58 Å². The molecule has 0 aromatic rings. The van der Waals surface area contributed by atoms with E-state index in [-0.39, 0.29) is 18.3 Å². The SMILES string of the molecule is C=CC1(OC(C)C)CCC[Si](OC(C)C)(OC(C)C)O1. The van der Waals surface area contributed by atoms with Gasteiger partial charge in [-0.2, -0.15) is 0 Å². The lowest BCUT2D eigenvalue weighted by atomic mass is 10.1. The van der Waals surface area contributed by atoms with Gasteiger partial charge in [0.05, 0.1) is 6.10 Å². The zero-order chi connectivity index (χ0) is 15.4. The van der Waals surface area contributed by atoms with E-state index in [2.05, 4.69) is 6.58 Å². The van der Waals surface area contributed by atoms with Gasteiger partial charge >= 0.3 is 8.80 Å². The summed E-state index contributed by atoms with van der Waals surface area (Å²) in [4.78, 5) is 0. The van der Waals surface area contributed by atoms with Gasteiger partial charge in [-0.15, -0.1) is 0 Å². The van der Waals surface area contributed by atoms with E-state index in [1.807, 2.05) is 41.5 Å². The van der Waals surface area contributed by atoms with Crippen molar-refractivity contribution in [2.45, 2.75) is 84.5 Å². The fourth-order valence-corrected chi connectivity index (χ4v) is 5.80. The Bertz CT molecular complexity index is 307. The van der Waals surface area contributed by atoms with Crippen LogP contribution in [0.4, 0.5) is 0 Å². The lowest BCUT2D eigenvalue weighted by Gasteiger charge is -2.45. The number of hydrogen-bond acceptors (Lipinski definition) is 4. The predicted octanol–water partition coefficient (Wildman–Crippen LogP) is 3.89. The fraction of sp³-hybridized carbons (Fsp3) is 0.867. The van der Waals surface area contributed by atoms with Crippen LogP contribution in [0.5, 0.6) is 0 Å². The maximum absolute atomic E-state index is 6.30. The third kappa shape index (κ3) is 4.97. The molecule has 1 aliphatic rings. The van der Waals surface area contributed by atoms with E-state index in [0.717, 1.165) is 18.9 Å². The van der Waals surface area contributed by atoms with Gasteiger partial charge in [-0.05, 0) is 54.0 Å². The molecule has 1 fully saturated rings. The Morgan fingerprint density at radius 2 is 1.60 bits per heavy atom. The van der Waals surface area contributed by atoms with Crippen LogP contribution in [0.1, 0.15) is 54.4 Å². The van der Waals surface area contributed by atoms with Crippen molar-refractivity contribution < 1.29 is 18.0 Å². The molecule has 0 N–H and O–H groups in total. The van der Waals surface area contributed by atoms with Crippen LogP contribution in [0.3, 0.4) is 0 Å². The highest BCUT2D eigenvalue weighted by atomic mass is 28.4. The summed E-state index contributed by atoms with van der Waals surface area (Å²) in [6.07, 6.45) is 3.72. The zero-order valence-electron chi connectivity index (χ0n) is 13.8. The normalized spacial score (nSPS) is 26.4. The molecule has 1 atom stereocenters. The summed E-state index contributed by atoms with van der Waals surface area (Å²) >= 11 is 0. The van der Waals surface area contributed by atoms with Gasteiger partial charge in [0.25, 0.3) is 0 Å². The second-order valence-electron chi connectivity index (χ2n) is 6.15. The van der Waals surface area contributed by atoms with Crippen LogP contribution < -0.4 is 0 Å². The average Bonchev–Trinajstić information content (AvgIpc) is 2.25. The van der Waals surface area contributed by atoms with Crippen LogP contribution in [0, 0.1) is 0 Å². The van der Waals surface area contributed by atoms with Crippen LogP contribution in [-0.4, -0.2) is 32.9 Å². The average molecular weight is 302 g/mol. The summed E-state index contributed by atoms with van der Waals surface area (Å²) in [7, 11) is -2.73. The van der Waals surface area contributed by atoms with Gasteiger partial charge in [-0.25, -0.2) is 0 Å². The molecule has 0 bridgehead atoms. The second kappa shape index (κ2) is 7.18. The Hall–Kier alpha value is -0.203. The van der Waals surface area contributed by atoms with Crippen molar-refractivity contribution >= 4 is 8.80 Å². The Morgan fingerprint density at radius 1 is 1.05 bits per heavy atom. The number of hydrogen-bond donors (Lipinski definition) is 0. The topological polar surface area (TPSA) is 36.9 Å². The van der Waals surface area contributed by atoms with E-state index in [1.54, 1.807) is 6.08 Å². The monoisotopic (exact) mass is 302 g/mol. The van der Waals surface area contributed by atoms with E-state index >= 15 is 0 Å². The third-order valence-electron chi connectivity index (χ3n) is 2.91. The van der Waals surface area contributed by atoms with Gasteiger partial charge in [0.1, 0.15) is 0 Å². The van der Waals surface area contributed by atoms with E-state index in [1.165, 1.54) is 0 Å². The highest BCUT2D eigenvalue weighted by molar-refractivity contribution is 6.61. The van der Waals surface area contributed by atoms with Gasteiger partial charge in [-0.3, -0.25) is 0 Å². The highest BCUT2D eigenvalue weighted by Crippen LogP contribution is 2.38. The van der Waals surface area contributed by atoms with Crippen LogP contribution in [0.25, 0.3) is 0 Å². The van der Waals surface area contributed by atoms with Crippen LogP contribution in [-0.2, 0) is 18.0 Å². The predicted molar refractivity (Wildman–Crippen MR) is 82.5 cm³/mol. The first kappa shape index (κ1) is 17.8. The number of rotatable bonds is 7. The zero-order valence-corrected chi connectivity index (χ0v) is 14.8. The van der Waals surface area contributed by atoms with Crippen molar-refractivity contribution in [2.75, 3.05) is 0 Å². The molecule has 0 saturated carbocycles. The van der Waals surface area contributed by atoms with E-state index in [4.69, 9.17) is 18.0 Å². The Balaban J connectivity index is 2.96. The first-order chi connectivity index (χ1) is 9.22. The van der Waals surface area contributed by atoms with Crippen molar-refractivity contribution in [3.05, 3.63) is 12.7 Å². The Morgan fingerprint density at radius 3 is 2.00 bits per heavy atom. The smallest absolute Gasteiger partial charge is 0.371 e. The molecule has 0 radical (unpaired) electrons. The summed E-state index contributed by atoms with van der Waals surface area (Å²) in [5.41, 5.74) is 0. The van der Waals surface area contributed by atoms with Crippen molar-refractivity contribution in [1.29, 1.82) is 0 Å². The maximum Gasteiger partial charge on any atom is 0.503 e. The number of ether oxygens (including phenoxy) is 1. The summed E-state index contributed by atoms with van der Waals surface area (Å²) in [5, 5.41) is 0. The maximum atomic E-state index is 6.30. The Kier molecular flexibility index (Phi) is 6.41. The molecule has 0 aliphatic carbocycles. The minimum Gasteiger partial charge on any atom is -0.371 e. The van der Waals surface area contributed by atoms with Crippen molar-refractivity contribution in [3.63, 3.8) is 0 Å². The van der Waals surface area contributed by atoms with Crippen LogP contribution >= 0.6 is 0 Å². The lowest BCUT2D eigenvalue weighted by molar-refractivity contribution is -0.213. The van der Waals surface area contributed by atoms with E-state index in [9.17, 15) is 0 Å². The minimum absolute atomic E-state index is 0.0656. The van der Waals surface area contributed by atoms with Crippen LogP contribution in [0.15, 0.2) is 12.7 Å². The van der Waals surface area contributed by atoms with Gasteiger partial charge < -0.3 is 18.0 Å². The fourth-order valence-electron chi connectivity index (χ4n) is 2.50. The minimum atomic E-state index is -2.73. The van der Waals surface area contributed by atoms with Crippen molar-refractivity contribution in [3.8, 4) is 0 Å². The molecule has 0 amide bonds. The van der Waals surface area contributed by atoms with Crippen molar-refractivity contribution in [2.24, 2.45) is 0 Å². The highest BCUT2D eigenvalue weighted by Gasteiger charge is 2.53. The third-order valence-corrected chi connectivity index (χ3v) is 6.20. The summed E-state index contributed by atoms with van der Waals surface area (Å²) in [6.45, 7) is 15.9. The summed E-state index contributed by atoms with van der Waals surface area (Å²) in [5.74, 6) is -0.775. The molecule has 0 aromatic carbocycles. The quantitative estimate of drug-likeness (QED) is 0.528. The van der Waals surface area contributed by atoms with E-state index < -0.39 is 14.6 Å². The molecule has 1 rings (SSSR count). The molecule has 1 saturated heterocycles. The molecule has 5 heteroatoms.